The summed E-state index contributed by atoms with van der Waals surface area (Å²) in [6.45, 7) is 5.86. The van der Waals surface area contributed by atoms with Crippen molar-refractivity contribution >= 4 is 0 Å². The van der Waals surface area contributed by atoms with Crippen molar-refractivity contribution in [2.24, 2.45) is 0 Å². The topological polar surface area (TPSA) is 52.5 Å². The van der Waals surface area contributed by atoms with E-state index in [0.29, 0.717) is 0 Å². The van der Waals surface area contributed by atoms with Crippen molar-refractivity contribution in [3.05, 3.63) is 35.4 Å². The lowest BCUT2D eigenvalue weighted by molar-refractivity contribution is 0.0957. The summed E-state index contributed by atoms with van der Waals surface area (Å²) < 4.78 is 0. The lowest BCUT2D eigenvalue weighted by atomic mass is 9.99. The van der Waals surface area contributed by atoms with Gasteiger partial charge in [0, 0.05) is 6.04 Å². The van der Waals surface area contributed by atoms with Crippen LogP contribution in [0.5, 0.6) is 0 Å². The monoisotopic (exact) mass is 251 g/mol. The summed E-state index contributed by atoms with van der Waals surface area (Å²) in [6.07, 6.45) is 2.26. The third-order valence-corrected chi connectivity index (χ3v) is 3.28. The van der Waals surface area contributed by atoms with Crippen molar-refractivity contribution in [1.82, 2.24) is 5.32 Å². The van der Waals surface area contributed by atoms with Gasteiger partial charge in [-0.25, -0.2) is 0 Å². The molecular formula is C15H25NO2. The van der Waals surface area contributed by atoms with E-state index in [9.17, 15) is 10.2 Å². The van der Waals surface area contributed by atoms with E-state index in [4.69, 9.17) is 0 Å². The molecule has 0 aliphatic carbocycles. The van der Waals surface area contributed by atoms with Crippen LogP contribution < -0.4 is 5.32 Å². The molecule has 102 valence electrons. The molecule has 0 radical (unpaired) electrons. The molecule has 0 fully saturated rings. The maximum atomic E-state index is 9.27. The molecular weight excluding hydrogens is 226 g/mol. The number of benzene rings is 1. The molecule has 0 heterocycles. The minimum atomic E-state index is -0.637. The Bertz CT molecular complexity index is 344. The van der Waals surface area contributed by atoms with Gasteiger partial charge in [-0.1, -0.05) is 37.6 Å². The van der Waals surface area contributed by atoms with Gasteiger partial charge >= 0.3 is 0 Å². The Morgan fingerprint density at radius 3 is 2.17 bits per heavy atom. The van der Waals surface area contributed by atoms with Gasteiger partial charge in [-0.15, -0.1) is 0 Å². The fraction of sp³-hybridized carbons (Fsp3) is 0.600. The van der Waals surface area contributed by atoms with Gasteiger partial charge < -0.3 is 15.5 Å². The molecule has 3 nitrogen and oxygen atoms in total. The molecule has 0 spiro atoms. The highest BCUT2D eigenvalue weighted by molar-refractivity contribution is 5.25. The van der Waals surface area contributed by atoms with Gasteiger partial charge in [0.2, 0.25) is 0 Å². The average Bonchev–Trinajstić information content (AvgIpc) is 2.39. The molecule has 0 saturated heterocycles. The number of aliphatic hydroxyl groups excluding tert-OH is 2. The predicted molar refractivity (Wildman–Crippen MR) is 74.6 cm³/mol. The fourth-order valence-electron chi connectivity index (χ4n) is 2.01. The highest BCUT2D eigenvalue weighted by Crippen LogP contribution is 2.17. The molecule has 0 aromatic heterocycles. The van der Waals surface area contributed by atoms with E-state index in [1.807, 2.05) is 13.8 Å². The first-order valence-electron chi connectivity index (χ1n) is 6.63. The molecule has 1 atom stereocenters. The maximum absolute atomic E-state index is 9.27. The lowest BCUT2D eigenvalue weighted by Crippen LogP contribution is -2.49. The van der Waals surface area contributed by atoms with Crippen molar-refractivity contribution in [1.29, 1.82) is 0 Å². The van der Waals surface area contributed by atoms with Gasteiger partial charge in [0.25, 0.3) is 0 Å². The van der Waals surface area contributed by atoms with Crippen LogP contribution in [0.4, 0.5) is 0 Å². The van der Waals surface area contributed by atoms with Crippen LogP contribution in [0.3, 0.4) is 0 Å². The molecule has 1 aromatic carbocycles. The molecule has 3 heteroatoms. The fourth-order valence-corrected chi connectivity index (χ4v) is 2.01. The van der Waals surface area contributed by atoms with Crippen molar-refractivity contribution in [2.75, 3.05) is 13.2 Å². The molecule has 0 amide bonds. The summed E-state index contributed by atoms with van der Waals surface area (Å²) in [5.74, 6) is 0. The van der Waals surface area contributed by atoms with Crippen LogP contribution in [-0.2, 0) is 6.42 Å². The molecule has 0 aliphatic heterocycles. The van der Waals surface area contributed by atoms with E-state index < -0.39 is 5.54 Å². The molecule has 0 bridgehead atoms. The quantitative estimate of drug-likeness (QED) is 0.695. The van der Waals surface area contributed by atoms with Crippen LogP contribution in [-0.4, -0.2) is 29.0 Å². The van der Waals surface area contributed by atoms with Gasteiger partial charge in [0.1, 0.15) is 0 Å². The smallest absolute Gasteiger partial charge is 0.0633 e. The Balaban J connectivity index is 2.69. The van der Waals surface area contributed by atoms with Gasteiger partial charge in [-0.2, -0.15) is 0 Å². The van der Waals surface area contributed by atoms with Crippen molar-refractivity contribution < 1.29 is 10.2 Å². The Morgan fingerprint density at radius 1 is 1.17 bits per heavy atom. The van der Waals surface area contributed by atoms with Crippen LogP contribution >= 0.6 is 0 Å². The number of nitrogens with one attached hydrogen (secondary N) is 1. The van der Waals surface area contributed by atoms with Crippen molar-refractivity contribution in [3.63, 3.8) is 0 Å². The number of hydrogen-bond donors (Lipinski definition) is 3. The van der Waals surface area contributed by atoms with Crippen LogP contribution in [0.25, 0.3) is 0 Å². The van der Waals surface area contributed by atoms with E-state index in [2.05, 4.69) is 36.5 Å². The molecule has 1 rings (SSSR count). The van der Waals surface area contributed by atoms with E-state index in [-0.39, 0.29) is 19.3 Å². The predicted octanol–water partition coefficient (Wildman–Crippen LogP) is 2.03. The van der Waals surface area contributed by atoms with Gasteiger partial charge in [-0.3, -0.25) is 0 Å². The summed E-state index contributed by atoms with van der Waals surface area (Å²) in [5, 5.41) is 21.8. The van der Waals surface area contributed by atoms with E-state index >= 15 is 0 Å². The second kappa shape index (κ2) is 6.88. The zero-order valence-corrected chi connectivity index (χ0v) is 11.6. The van der Waals surface area contributed by atoms with Crippen LogP contribution in [0.1, 0.15) is 44.4 Å². The third kappa shape index (κ3) is 4.09. The Hall–Kier alpha value is -0.900. The molecule has 3 N–H and O–H groups in total. The van der Waals surface area contributed by atoms with Gasteiger partial charge in [0.15, 0.2) is 0 Å². The highest BCUT2D eigenvalue weighted by Gasteiger charge is 2.24. The first kappa shape index (κ1) is 15.2. The molecule has 1 unspecified atom stereocenters. The highest BCUT2D eigenvalue weighted by atomic mass is 16.3. The van der Waals surface area contributed by atoms with E-state index in [1.165, 1.54) is 11.1 Å². The SMILES string of the molecule is CCCc1ccc(C(C)NC(C)(CO)CO)cc1. The van der Waals surface area contributed by atoms with Crippen molar-refractivity contribution in [3.8, 4) is 0 Å². The van der Waals surface area contributed by atoms with Gasteiger partial charge in [-0.05, 0) is 31.4 Å². The van der Waals surface area contributed by atoms with E-state index in [0.717, 1.165) is 12.8 Å². The Morgan fingerprint density at radius 2 is 1.72 bits per heavy atom. The zero-order chi connectivity index (χ0) is 13.6. The van der Waals surface area contributed by atoms with Crippen LogP contribution in [0.2, 0.25) is 0 Å². The zero-order valence-electron chi connectivity index (χ0n) is 11.6. The third-order valence-electron chi connectivity index (χ3n) is 3.28. The minimum absolute atomic E-state index is 0.0816. The molecule has 1 aromatic rings. The summed E-state index contributed by atoms with van der Waals surface area (Å²) in [4.78, 5) is 0. The van der Waals surface area contributed by atoms with Crippen LogP contribution in [0.15, 0.2) is 24.3 Å². The summed E-state index contributed by atoms with van der Waals surface area (Å²) >= 11 is 0. The maximum Gasteiger partial charge on any atom is 0.0633 e. The first-order chi connectivity index (χ1) is 8.54. The number of hydrogen-bond acceptors (Lipinski definition) is 3. The number of rotatable bonds is 7. The molecule has 0 saturated carbocycles. The van der Waals surface area contributed by atoms with Gasteiger partial charge in [0.05, 0.1) is 18.8 Å². The second-order valence-electron chi connectivity index (χ2n) is 5.23. The Kier molecular flexibility index (Phi) is 5.79. The van der Waals surface area contributed by atoms with E-state index in [1.54, 1.807) is 0 Å². The molecule has 0 aliphatic rings. The summed E-state index contributed by atoms with van der Waals surface area (Å²) in [6, 6.07) is 8.61. The first-order valence-corrected chi connectivity index (χ1v) is 6.63. The molecule has 18 heavy (non-hydrogen) atoms. The van der Waals surface area contributed by atoms with Crippen LogP contribution in [0, 0.1) is 0 Å². The van der Waals surface area contributed by atoms with Crippen molar-refractivity contribution in [2.45, 2.75) is 45.2 Å². The lowest BCUT2D eigenvalue weighted by Gasteiger charge is -2.30. The number of aliphatic hydroxyl groups is 2. The number of aryl methyl sites for hydroxylation is 1. The minimum Gasteiger partial charge on any atom is -0.394 e. The summed E-state index contributed by atoms with van der Waals surface area (Å²) in [7, 11) is 0. The largest absolute Gasteiger partial charge is 0.394 e. The standard InChI is InChI=1S/C15H25NO2/c1-4-5-13-6-8-14(9-7-13)12(2)16-15(3,10-17)11-18/h6-9,12,16-18H,4-5,10-11H2,1-3H3. The normalized spacial score (nSPS) is 13.6. The Labute approximate surface area is 110 Å². The average molecular weight is 251 g/mol. The summed E-state index contributed by atoms with van der Waals surface area (Å²) in [5.41, 5.74) is 1.88. The second-order valence-corrected chi connectivity index (χ2v) is 5.23.